The van der Waals surface area contributed by atoms with Crippen molar-refractivity contribution in [1.29, 1.82) is 0 Å². The molecule has 0 aliphatic rings. The highest BCUT2D eigenvalue weighted by atomic mass is 32.2. The normalized spacial score (nSPS) is 13.4. The van der Waals surface area contributed by atoms with Crippen molar-refractivity contribution >= 4 is 15.9 Å². The molecule has 6 nitrogen and oxygen atoms in total. The number of rotatable bonds is 12. The number of hydrogen-bond acceptors (Lipinski definition) is 4. The number of nitrogens with zero attached hydrogens (tertiary/aromatic N) is 1. The van der Waals surface area contributed by atoms with E-state index < -0.39 is 10.0 Å². The van der Waals surface area contributed by atoms with Crippen LogP contribution < -0.4 is 11.1 Å². The predicted molar refractivity (Wildman–Crippen MR) is 86.4 cm³/mol. The number of carbonyl (C=O) groups excluding carboxylic acids is 1. The van der Waals surface area contributed by atoms with Crippen LogP contribution >= 0.6 is 0 Å². The van der Waals surface area contributed by atoms with Crippen molar-refractivity contribution in [2.75, 3.05) is 32.4 Å². The fourth-order valence-electron chi connectivity index (χ4n) is 2.25. The Labute approximate surface area is 129 Å². The van der Waals surface area contributed by atoms with Gasteiger partial charge < -0.3 is 11.1 Å². The standard InChI is InChI=1S/C14H31N3O3S/c1-4-13(9-10-15)7-8-14(18)16-11-6-12-17(5-2)21(3,19)20/h13H,4-12,15H2,1-3H3,(H,16,18). The molecule has 0 bridgehead atoms. The molecule has 0 radical (unpaired) electrons. The van der Waals surface area contributed by atoms with Crippen LogP contribution in [-0.4, -0.2) is 51.1 Å². The van der Waals surface area contributed by atoms with E-state index in [9.17, 15) is 13.2 Å². The van der Waals surface area contributed by atoms with E-state index in [1.807, 2.05) is 6.92 Å². The molecule has 21 heavy (non-hydrogen) atoms. The lowest BCUT2D eigenvalue weighted by atomic mass is 9.96. The van der Waals surface area contributed by atoms with E-state index in [0.717, 1.165) is 19.3 Å². The number of nitrogens with one attached hydrogen (secondary N) is 1. The highest BCUT2D eigenvalue weighted by molar-refractivity contribution is 7.88. The van der Waals surface area contributed by atoms with Crippen LogP contribution in [0.15, 0.2) is 0 Å². The number of sulfonamides is 1. The second kappa shape index (κ2) is 11.0. The zero-order valence-corrected chi connectivity index (χ0v) is 14.4. The van der Waals surface area contributed by atoms with Crippen LogP contribution in [0.4, 0.5) is 0 Å². The summed E-state index contributed by atoms with van der Waals surface area (Å²) in [6.07, 6.45) is 5.23. The molecule has 126 valence electrons. The Morgan fingerprint density at radius 2 is 1.95 bits per heavy atom. The fourth-order valence-corrected chi connectivity index (χ4v) is 3.18. The smallest absolute Gasteiger partial charge is 0.220 e. The van der Waals surface area contributed by atoms with Crippen LogP contribution in [-0.2, 0) is 14.8 Å². The Balaban J connectivity index is 3.84. The Bertz CT molecular complexity index is 385. The number of amides is 1. The summed E-state index contributed by atoms with van der Waals surface area (Å²) in [5.74, 6) is 0.550. The largest absolute Gasteiger partial charge is 0.356 e. The molecule has 1 amide bonds. The van der Waals surface area contributed by atoms with Gasteiger partial charge in [0, 0.05) is 26.1 Å². The van der Waals surface area contributed by atoms with Gasteiger partial charge in [0.05, 0.1) is 6.26 Å². The molecule has 0 heterocycles. The summed E-state index contributed by atoms with van der Waals surface area (Å²) in [7, 11) is -3.14. The van der Waals surface area contributed by atoms with E-state index in [1.54, 1.807) is 0 Å². The minimum atomic E-state index is -3.14. The van der Waals surface area contributed by atoms with Crippen LogP contribution in [0.3, 0.4) is 0 Å². The topological polar surface area (TPSA) is 92.5 Å². The van der Waals surface area contributed by atoms with Crippen LogP contribution in [0.2, 0.25) is 0 Å². The van der Waals surface area contributed by atoms with Crippen molar-refractivity contribution in [3.05, 3.63) is 0 Å². The molecule has 0 rings (SSSR count). The first-order chi connectivity index (χ1) is 9.85. The number of hydrogen-bond donors (Lipinski definition) is 2. The fraction of sp³-hybridized carbons (Fsp3) is 0.929. The monoisotopic (exact) mass is 321 g/mol. The molecule has 1 atom stereocenters. The van der Waals surface area contributed by atoms with Crippen LogP contribution in [0.5, 0.6) is 0 Å². The first kappa shape index (κ1) is 20.3. The van der Waals surface area contributed by atoms with Crippen LogP contribution in [0.1, 0.15) is 46.0 Å². The highest BCUT2D eigenvalue weighted by Crippen LogP contribution is 2.14. The third-order valence-electron chi connectivity index (χ3n) is 3.66. The summed E-state index contributed by atoms with van der Waals surface area (Å²) >= 11 is 0. The molecule has 0 saturated heterocycles. The molecule has 1 unspecified atom stereocenters. The summed E-state index contributed by atoms with van der Waals surface area (Å²) in [6, 6.07) is 0. The Morgan fingerprint density at radius 1 is 1.29 bits per heavy atom. The van der Waals surface area contributed by atoms with Crippen molar-refractivity contribution in [2.45, 2.75) is 46.0 Å². The summed E-state index contributed by atoms with van der Waals surface area (Å²) in [4.78, 5) is 11.7. The third-order valence-corrected chi connectivity index (χ3v) is 5.04. The number of nitrogens with two attached hydrogens (primary N) is 1. The van der Waals surface area contributed by atoms with E-state index in [1.165, 1.54) is 10.6 Å². The summed E-state index contributed by atoms with van der Waals surface area (Å²) in [5, 5.41) is 2.84. The third kappa shape index (κ3) is 9.82. The van der Waals surface area contributed by atoms with Crippen molar-refractivity contribution < 1.29 is 13.2 Å². The summed E-state index contributed by atoms with van der Waals surface area (Å²) in [6.45, 7) is 6.01. The summed E-state index contributed by atoms with van der Waals surface area (Å²) in [5.41, 5.74) is 5.53. The molecule has 3 N–H and O–H groups in total. The van der Waals surface area contributed by atoms with Gasteiger partial charge in [-0.2, -0.15) is 0 Å². The first-order valence-electron chi connectivity index (χ1n) is 7.77. The zero-order chi connectivity index (χ0) is 16.3. The van der Waals surface area contributed by atoms with Crippen molar-refractivity contribution in [2.24, 2.45) is 11.7 Å². The summed E-state index contributed by atoms with van der Waals surface area (Å²) < 4.78 is 24.2. The Morgan fingerprint density at radius 3 is 2.43 bits per heavy atom. The minimum absolute atomic E-state index is 0.0351. The van der Waals surface area contributed by atoms with Gasteiger partial charge in [0.15, 0.2) is 0 Å². The van der Waals surface area contributed by atoms with Gasteiger partial charge >= 0.3 is 0 Å². The van der Waals surface area contributed by atoms with Gasteiger partial charge in [0.25, 0.3) is 0 Å². The lowest BCUT2D eigenvalue weighted by Crippen LogP contribution is -2.33. The van der Waals surface area contributed by atoms with Crippen molar-refractivity contribution in [1.82, 2.24) is 9.62 Å². The van der Waals surface area contributed by atoms with E-state index >= 15 is 0 Å². The quantitative estimate of drug-likeness (QED) is 0.523. The maximum Gasteiger partial charge on any atom is 0.220 e. The lowest BCUT2D eigenvalue weighted by molar-refractivity contribution is -0.121. The minimum Gasteiger partial charge on any atom is -0.356 e. The van der Waals surface area contributed by atoms with Gasteiger partial charge in [0.2, 0.25) is 15.9 Å². The SMILES string of the molecule is CCC(CCN)CCC(=O)NCCCN(CC)S(C)(=O)=O. The van der Waals surface area contributed by atoms with Gasteiger partial charge in [-0.25, -0.2) is 12.7 Å². The molecule has 0 aromatic carbocycles. The average Bonchev–Trinajstić information content (AvgIpc) is 2.41. The van der Waals surface area contributed by atoms with Crippen LogP contribution in [0.25, 0.3) is 0 Å². The van der Waals surface area contributed by atoms with Gasteiger partial charge in [0.1, 0.15) is 0 Å². The second-order valence-corrected chi connectivity index (χ2v) is 7.33. The molecule has 7 heteroatoms. The first-order valence-corrected chi connectivity index (χ1v) is 9.61. The molecule has 0 saturated carbocycles. The van der Waals surface area contributed by atoms with Crippen molar-refractivity contribution in [3.8, 4) is 0 Å². The molecule has 0 fully saturated rings. The van der Waals surface area contributed by atoms with Gasteiger partial charge in [-0.1, -0.05) is 20.3 Å². The molecule has 0 spiro atoms. The average molecular weight is 321 g/mol. The second-order valence-electron chi connectivity index (χ2n) is 5.35. The van der Waals surface area contributed by atoms with E-state index in [4.69, 9.17) is 5.73 Å². The maximum atomic E-state index is 11.7. The molecule has 0 aliphatic carbocycles. The predicted octanol–water partition coefficient (Wildman–Crippen LogP) is 0.929. The van der Waals surface area contributed by atoms with Gasteiger partial charge in [-0.3, -0.25) is 4.79 Å². The van der Waals surface area contributed by atoms with E-state index in [-0.39, 0.29) is 5.91 Å². The van der Waals surface area contributed by atoms with Gasteiger partial charge in [-0.15, -0.1) is 0 Å². The zero-order valence-electron chi connectivity index (χ0n) is 13.6. The van der Waals surface area contributed by atoms with Crippen LogP contribution in [0, 0.1) is 5.92 Å². The Kier molecular flexibility index (Phi) is 10.6. The Hall–Kier alpha value is -0.660. The van der Waals surface area contributed by atoms with E-state index in [2.05, 4.69) is 12.2 Å². The van der Waals surface area contributed by atoms with E-state index in [0.29, 0.717) is 44.9 Å². The van der Waals surface area contributed by atoms with Gasteiger partial charge in [-0.05, 0) is 31.7 Å². The highest BCUT2D eigenvalue weighted by Gasteiger charge is 2.13. The lowest BCUT2D eigenvalue weighted by Gasteiger charge is -2.17. The maximum absolute atomic E-state index is 11.7. The molecule has 0 aliphatic heterocycles. The number of carbonyl (C=O) groups is 1. The molecule has 0 aromatic rings. The molecule has 0 aromatic heterocycles. The van der Waals surface area contributed by atoms with Crippen molar-refractivity contribution in [3.63, 3.8) is 0 Å². The molecular formula is C14H31N3O3S. The molecular weight excluding hydrogens is 290 g/mol.